The average Bonchev–Trinajstić information content (AvgIpc) is 1.00. The van der Waals surface area contributed by atoms with Gasteiger partial charge in [-0.05, 0) is 0 Å². The molecule has 0 amide bonds. The van der Waals surface area contributed by atoms with E-state index in [1.807, 2.05) is 0 Å². The fourth-order valence-electron chi connectivity index (χ4n) is 0. The molecule has 1 radical (unpaired) electrons. The number of thiol groups is 3. The Morgan fingerprint density at radius 1 is 0.800 bits per heavy atom. The van der Waals surface area contributed by atoms with Gasteiger partial charge in [0.1, 0.15) is 0 Å². The Balaban J connectivity index is -0.00000000167. The molecule has 0 aromatic carbocycles. The molecule has 0 unspecified atom stereocenters. The molecular weight excluding hydrogens is 250 g/mol. The van der Waals surface area contributed by atoms with Gasteiger partial charge in [-0.3, -0.25) is 0 Å². The number of hydrogen-bond acceptors (Lipinski definition) is 4. The first kappa shape index (κ1) is 27.5. The summed E-state index contributed by atoms with van der Waals surface area (Å²) in [6, 6.07) is 0. The van der Waals surface area contributed by atoms with Crippen LogP contribution in [0.15, 0.2) is 0 Å². The van der Waals surface area contributed by atoms with Crippen molar-refractivity contribution in [3.63, 3.8) is 0 Å². The van der Waals surface area contributed by atoms with Gasteiger partial charge >= 0.3 is 30.2 Å². The predicted molar refractivity (Wildman–Crippen MR) is 39.6 cm³/mol. The standard InChI is InChI=1S/3H2S.S.Sb/h3*1H2;;/p-3. The SMILES string of the molecule is [SH-].[SH-].[SH-].[S]=[Sb]. The van der Waals surface area contributed by atoms with Crippen molar-refractivity contribution in [1.29, 1.82) is 0 Å². The fraction of sp³-hybridized carbons (Fsp3) is 0. The van der Waals surface area contributed by atoms with Crippen LogP contribution < -0.4 is 0 Å². The van der Waals surface area contributed by atoms with Crippen molar-refractivity contribution in [1.82, 2.24) is 0 Å². The van der Waals surface area contributed by atoms with Gasteiger partial charge in [-0.2, -0.15) is 0 Å². The summed E-state index contributed by atoms with van der Waals surface area (Å²) < 4.78 is 0. The Morgan fingerprint density at radius 3 is 0.800 bits per heavy atom. The Morgan fingerprint density at radius 2 is 0.800 bits per heavy atom. The van der Waals surface area contributed by atoms with E-state index in [-0.39, 0.29) is 40.5 Å². The molecular formula is H3S4Sb-3. The third-order valence-electron chi connectivity index (χ3n) is 0. The number of rotatable bonds is 0. The third-order valence-corrected chi connectivity index (χ3v) is 0. The van der Waals surface area contributed by atoms with Crippen LogP contribution in [0.4, 0.5) is 0 Å². The second-order valence-electron chi connectivity index (χ2n) is 0. The van der Waals surface area contributed by atoms with Crippen LogP contribution in [-0.2, 0) is 40.5 Å². The minimum atomic E-state index is 0. The van der Waals surface area contributed by atoms with Crippen molar-refractivity contribution in [2.24, 2.45) is 0 Å². The molecule has 0 atom stereocenters. The van der Waals surface area contributed by atoms with Crippen molar-refractivity contribution in [3.05, 3.63) is 0 Å². The van der Waals surface area contributed by atoms with Gasteiger partial charge in [-0.15, -0.1) is 0 Å². The molecule has 0 fully saturated rings. The van der Waals surface area contributed by atoms with E-state index < -0.39 is 0 Å². The summed E-state index contributed by atoms with van der Waals surface area (Å²) in [5.41, 5.74) is 0. The quantitative estimate of drug-likeness (QED) is 0.323. The van der Waals surface area contributed by atoms with Crippen molar-refractivity contribution in [2.75, 3.05) is 0 Å². The van der Waals surface area contributed by atoms with Gasteiger partial charge in [0.15, 0.2) is 0 Å². The molecule has 0 N–H and O–H groups in total. The predicted octanol–water partition coefficient (Wildman–Crippen LogP) is -0.543. The van der Waals surface area contributed by atoms with Crippen molar-refractivity contribution >= 4 is 70.7 Å². The van der Waals surface area contributed by atoms with Crippen molar-refractivity contribution in [2.45, 2.75) is 0 Å². The Kier molecular flexibility index (Phi) is 199. The molecule has 35 valence electrons. The monoisotopic (exact) mass is 252 g/mol. The Bertz CT molecular complexity index is 3.61. The molecule has 5 heteroatoms. The van der Waals surface area contributed by atoms with Crippen LogP contribution in [-0.4, -0.2) is 21.1 Å². The summed E-state index contributed by atoms with van der Waals surface area (Å²) in [4.78, 5) is 0. The maximum absolute atomic E-state index is 4.13. The molecule has 0 rings (SSSR count). The summed E-state index contributed by atoms with van der Waals surface area (Å²) in [5, 5.41) is 0. The Hall–Kier alpha value is 2.09. The zero-order valence-corrected chi connectivity index (χ0v) is 8.25. The molecule has 0 saturated heterocycles. The van der Waals surface area contributed by atoms with Gasteiger partial charge < -0.3 is 40.5 Å². The van der Waals surface area contributed by atoms with E-state index in [0.29, 0.717) is 0 Å². The molecule has 0 aromatic rings. The first-order valence-electron chi connectivity index (χ1n) is 0.183. The van der Waals surface area contributed by atoms with E-state index in [1.165, 1.54) is 21.1 Å². The van der Waals surface area contributed by atoms with Gasteiger partial charge in [-0.25, -0.2) is 0 Å². The molecule has 0 saturated carbocycles. The van der Waals surface area contributed by atoms with Crippen LogP contribution in [0.3, 0.4) is 0 Å². The molecule has 0 spiro atoms. The van der Waals surface area contributed by atoms with E-state index in [2.05, 4.69) is 9.19 Å². The van der Waals surface area contributed by atoms with E-state index >= 15 is 0 Å². The second-order valence-corrected chi connectivity index (χ2v) is 0. The second kappa shape index (κ2) is 36.1. The average molecular weight is 253 g/mol. The summed E-state index contributed by atoms with van der Waals surface area (Å²) in [7, 11) is 4.13. The molecule has 0 heterocycles. The molecule has 0 aliphatic carbocycles. The zero-order chi connectivity index (χ0) is 2.00. The molecule has 0 nitrogen and oxygen atoms in total. The van der Waals surface area contributed by atoms with Gasteiger partial charge in [0.25, 0.3) is 0 Å². The fourth-order valence-corrected chi connectivity index (χ4v) is 0. The first-order chi connectivity index (χ1) is 1.00. The summed E-state index contributed by atoms with van der Waals surface area (Å²) in [6.07, 6.45) is 0. The summed E-state index contributed by atoms with van der Waals surface area (Å²) >= 11 is 1.33. The van der Waals surface area contributed by atoms with Crippen LogP contribution in [0.1, 0.15) is 0 Å². The minimum absolute atomic E-state index is 0. The zero-order valence-electron chi connectivity index (χ0n) is 2.20. The molecule has 0 bridgehead atoms. The summed E-state index contributed by atoms with van der Waals surface area (Å²) in [6.45, 7) is 0. The van der Waals surface area contributed by atoms with E-state index in [4.69, 9.17) is 0 Å². The van der Waals surface area contributed by atoms with Crippen LogP contribution in [0.25, 0.3) is 0 Å². The third kappa shape index (κ3) is 23.3. The van der Waals surface area contributed by atoms with Crippen LogP contribution in [0.2, 0.25) is 0 Å². The first-order valence-corrected chi connectivity index (χ1v) is 3.67. The van der Waals surface area contributed by atoms with E-state index in [9.17, 15) is 0 Å². The molecule has 0 aromatic heterocycles. The molecule has 0 aliphatic rings. The molecule has 0 aliphatic heterocycles. The van der Waals surface area contributed by atoms with Crippen molar-refractivity contribution < 1.29 is 0 Å². The van der Waals surface area contributed by atoms with E-state index in [0.717, 1.165) is 0 Å². The Labute approximate surface area is 70.0 Å². The van der Waals surface area contributed by atoms with Crippen molar-refractivity contribution in [3.8, 4) is 0 Å². The normalized spacial score (nSPS) is 0.800. The van der Waals surface area contributed by atoms with Crippen LogP contribution in [0.5, 0.6) is 0 Å². The topological polar surface area (TPSA) is 0 Å². The van der Waals surface area contributed by atoms with Crippen LogP contribution in [0, 0.1) is 0 Å². The summed E-state index contributed by atoms with van der Waals surface area (Å²) in [5.74, 6) is 0. The van der Waals surface area contributed by atoms with Gasteiger partial charge in [0.05, 0.1) is 0 Å². The van der Waals surface area contributed by atoms with Crippen LogP contribution >= 0.6 is 9.19 Å². The van der Waals surface area contributed by atoms with E-state index in [1.54, 1.807) is 0 Å². The number of hydrogen-bond donors (Lipinski definition) is 0. The van der Waals surface area contributed by atoms with Gasteiger partial charge in [0.2, 0.25) is 0 Å². The van der Waals surface area contributed by atoms with Gasteiger partial charge in [-0.1, -0.05) is 0 Å². The molecule has 5 heavy (non-hydrogen) atoms. The van der Waals surface area contributed by atoms with Gasteiger partial charge in [0, 0.05) is 0 Å². The maximum atomic E-state index is 4.13.